The number of hydrogen-bond acceptors (Lipinski definition) is 4. The summed E-state index contributed by atoms with van der Waals surface area (Å²) in [5, 5.41) is 2.68. The molecule has 0 heterocycles. The number of benzene rings is 2. The Bertz CT molecular complexity index is 628. The van der Waals surface area contributed by atoms with E-state index in [1.54, 1.807) is 7.11 Å². The molecule has 2 aromatic rings. The zero-order chi connectivity index (χ0) is 18.5. The topological polar surface area (TPSA) is 56.8 Å². The molecular formula is C21H27NO4. The summed E-state index contributed by atoms with van der Waals surface area (Å²) >= 11 is 0. The van der Waals surface area contributed by atoms with E-state index in [4.69, 9.17) is 14.2 Å². The second-order valence-electron chi connectivity index (χ2n) is 5.88. The van der Waals surface area contributed by atoms with Crippen LogP contribution in [-0.4, -0.2) is 33.0 Å². The molecule has 0 aliphatic heterocycles. The molecule has 0 aliphatic rings. The maximum absolute atomic E-state index is 11.6. The third-order valence-electron chi connectivity index (χ3n) is 3.89. The summed E-state index contributed by atoms with van der Waals surface area (Å²) in [5.41, 5.74) is 1.35. The smallest absolute Gasteiger partial charge is 0.407 e. The Balaban J connectivity index is 1.44. The van der Waals surface area contributed by atoms with Crippen LogP contribution in [0, 0.1) is 0 Å². The molecule has 5 nitrogen and oxygen atoms in total. The lowest BCUT2D eigenvalue weighted by Gasteiger charge is -2.09. The lowest BCUT2D eigenvalue weighted by Crippen LogP contribution is -2.29. The van der Waals surface area contributed by atoms with E-state index in [1.807, 2.05) is 30.3 Å². The lowest BCUT2D eigenvalue weighted by atomic mass is 10.1. The fourth-order valence-corrected chi connectivity index (χ4v) is 2.46. The predicted molar refractivity (Wildman–Crippen MR) is 102 cm³/mol. The number of carbonyl (C=O) groups is 1. The fourth-order valence-electron chi connectivity index (χ4n) is 2.46. The van der Waals surface area contributed by atoms with Gasteiger partial charge in [-0.3, -0.25) is 0 Å². The van der Waals surface area contributed by atoms with E-state index in [1.165, 1.54) is 5.56 Å². The summed E-state index contributed by atoms with van der Waals surface area (Å²) in [6.45, 7) is 1.23. The summed E-state index contributed by atoms with van der Waals surface area (Å²) < 4.78 is 15.8. The van der Waals surface area contributed by atoms with Gasteiger partial charge in [-0.15, -0.1) is 0 Å². The molecule has 1 N–H and O–H groups in total. The van der Waals surface area contributed by atoms with E-state index in [-0.39, 0.29) is 0 Å². The van der Waals surface area contributed by atoms with Gasteiger partial charge in [0.1, 0.15) is 18.1 Å². The quantitative estimate of drug-likeness (QED) is 0.612. The third kappa shape index (κ3) is 7.92. The molecule has 5 heteroatoms. The van der Waals surface area contributed by atoms with Gasteiger partial charge >= 0.3 is 6.09 Å². The van der Waals surface area contributed by atoms with Crippen molar-refractivity contribution in [3.8, 4) is 11.5 Å². The molecule has 26 heavy (non-hydrogen) atoms. The Morgan fingerprint density at radius 1 is 0.885 bits per heavy atom. The van der Waals surface area contributed by atoms with Crippen LogP contribution in [0.25, 0.3) is 0 Å². The monoisotopic (exact) mass is 357 g/mol. The number of methoxy groups -OCH3 is 1. The van der Waals surface area contributed by atoms with Gasteiger partial charge in [0.15, 0.2) is 0 Å². The SMILES string of the molecule is COc1ccc(OCCNC(=O)OCCCCCc2ccccc2)cc1. The third-order valence-corrected chi connectivity index (χ3v) is 3.89. The van der Waals surface area contributed by atoms with Gasteiger partial charge < -0.3 is 19.5 Å². The summed E-state index contributed by atoms with van der Waals surface area (Å²) in [4.78, 5) is 11.6. The second kappa shape index (κ2) is 11.8. The minimum atomic E-state index is -0.397. The number of unbranched alkanes of at least 4 members (excludes halogenated alkanes) is 2. The number of ether oxygens (including phenoxy) is 3. The maximum atomic E-state index is 11.6. The van der Waals surface area contributed by atoms with E-state index in [9.17, 15) is 4.79 Å². The molecule has 0 unspecified atom stereocenters. The first-order chi connectivity index (χ1) is 12.8. The van der Waals surface area contributed by atoms with Crippen molar-refractivity contribution in [1.82, 2.24) is 5.32 Å². The van der Waals surface area contributed by atoms with Crippen molar-refractivity contribution in [2.75, 3.05) is 26.9 Å². The van der Waals surface area contributed by atoms with Crippen molar-refractivity contribution in [3.63, 3.8) is 0 Å². The Morgan fingerprint density at radius 2 is 1.62 bits per heavy atom. The van der Waals surface area contributed by atoms with Crippen LogP contribution in [0.5, 0.6) is 11.5 Å². The summed E-state index contributed by atoms with van der Waals surface area (Å²) in [5.74, 6) is 1.52. The van der Waals surface area contributed by atoms with Crippen LogP contribution in [0.4, 0.5) is 4.79 Å². The fraction of sp³-hybridized carbons (Fsp3) is 0.381. The molecule has 0 aliphatic carbocycles. The van der Waals surface area contributed by atoms with Crippen LogP contribution >= 0.6 is 0 Å². The number of aryl methyl sites for hydroxylation is 1. The second-order valence-corrected chi connectivity index (χ2v) is 5.88. The van der Waals surface area contributed by atoms with E-state index < -0.39 is 6.09 Å². The highest BCUT2D eigenvalue weighted by Gasteiger charge is 2.02. The number of rotatable bonds is 11. The van der Waals surface area contributed by atoms with Gasteiger partial charge in [0, 0.05) is 0 Å². The molecule has 2 rings (SSSR count). The minimum Gasteiger partial charge on any atom is -0.497 e. The van der Waals surface area contributed by atoms with Gasteiger partial charge in [-0.25, -0.2) is 4.79 Å². The Labute approximate surface area is 155 Å². The van der Waals surface area contributed by atoms with Gasteiger partial charge in [0.2, 0.25) is 0 Å². The van der Waals surface area contributed by atoms with Crippen molar-refractivity contribution < 1.29 is 19.0 Å². The number of carbonyl (C=O) groups excluding carboxylic acids is 1. The van der Waals surface area contributed by atoms with Crippen LogP contribution in [0.3, 0.4) is 0 Å². The zero-order valence-electron chi connectivity index (χ0n) is 15.3. The highest BCUT2D eigenvalue weighted by Crippen LogP contribution is 2.16. The standard InChI is InChI=1S/C21H27NO4/c1-24-19-11-13-20(14-12-19)25-17-15-22-21(23)26-16-7-3-6-10-18-8-4-2-5-9-18/h2,4-5,8-9,11-14H,3,6-7,10,15-17H2,1H3,(H,22,23). The van der Waals surface area contributed by atoms with Crippen LogP contribution in [0.15, 0.2) is 54.6 Å². The number of nitrogens with one attached hydrogen (secondary N) is 1. The highest BCUT2D eigenvalue weighted by atomic mass is 16.5. The Morgan fingerprint density at radius 3 is 2.35 bits per heavy atom. The van der Waals surface area contributed by atoms with E-state index in [0.29, 0.717) is 19.8 Å². The summed E-state index contributed by atoms with van der Waals surface area (Å²) in [6, 6.07) is 17.7. The van der Waals surface area contributed by atoms with Gasteiger partial charge in [0.25, 0.3) is 0 Å². The highest BCUT2D eigenvalue weighted by molar-refractivity contribution is 5.67. The van der Waals surface area contributed by atoms with Crippen LogP contribution in [0.1, 0.15) is 24.8 Å². The summed E-state index contributed by atoms with van der Waals surface area (Å²) in [6.07, 6.45) is 3.69. The van der Waals surface area contributed by atoms with Crippen LogP contribution in [-0.2, 0) is 11.2 Å². The van der Waals surface area contributed by atoms with Gasteiger partial charge in [-0.1, -0.05) is 30.3 Å². The molecule has 0 bridgehead atoms. The molecule has 0 spiro atoms. The first-order valence-corrected chi connectivity index (χ1v) is 8.99. The molecule has 0 atom stereocenters. The first-order valence-electron chi connectivity index (χ1n) is 8.99. The van der Waals surface area contributed by atoms with Crippen molar-refractivity contribution in [3.05, 3.63) is 60.2 Å². The van der Waals surface area contributed by atoms with E-state index in [0.717, 1.165) is 37.2 Å². The minimum absolute atomic E-state index is 0.387. The molecule has 0 aromatic heterocycles. The molecule has 0 saturated carbocycles. The van der Waals surface area contributed by atoms with E-state index in [2.05, 4.69) is 29.6 Å². The first kappa shape index (κ1) is 19.6. The Kier molecular flexibility index (Phi) is 8.90. The molecule has 2 aromatic carbocycles. The predicted octanol–water partition coefficient (Wildman–Crippen LogP) is 4.21. The number of hydrogen-bond donors (Lipinski definition) is 1. The van der Waals surface area contributed by atoms with Crippen molar-refractivity contribution in [1.29, 1.82) is 0 Å². The molecule has 0 saturated heterocycles. The van der Waals surface area contributed by atoms with Crippen molar-refractivity contribution in [2.24, 2.45) is 0 Å². The molecule has 1 amide bonds. The number of amides is 1. The molecule has 0 radical (unpaired) electrons. The van der Waals surface area contributed by atoms with Gasteiger partial charge in [-0.05, 0) is 55.5 Å². The van der Waals surface area contributed by atoms with Crippen molar-refractivity contribution >= 4 is 6.09 Å². The maximum Gasteiger partial charge on any atom is 0.407 e. The summed E-state index contributed by atoms with van der Waals surface area (Å²) in [7, 11) is 1.62. The van der Waals surface area contributed by atoms with Crippen LogP contribution in [0.2, 0.25) is 0 Å². The Hall–Kier alpha value is -2.69. The lowest BCUT2D eigenvalue weighted by molar-refractivity contribution is 0.142. The van der Waals surface area contributed by atoms with Crippen LogP contribution < -0.4 is 14.8 Å². The van der Waals surface area contributed by atoms with Gasteiger partial charge in [0.05, 0.1) is 20.3 Å². The largest absolute Gasteiger partial charge is 0.497 e. The van der Waals surface area contributed by atoms with Gasteiger partial charge in [-0.2, -0.15) is 0 Å². The average Bonchev–Trinajstić information content (AvgIpc) is 2.69. The van der Waals surface area contributed by atoms with Crippen molar-refractivity contribution in [2.45, 2.75) is 25.7 Å². The average molecular weight is 357 g/mol. The van der Waals surface area contributed by atoms with E-state index >= 15 is 0 Å². The molecule has 140 valence electrons. The number of alkyl carbamates (subject to hydrolysis) is 1. The normalized spacial score (nSPS) is 10.2. The molecular weight excluding hydrogens is 330 g/mol. The zero-order valence-corrected chi connectivity index (χ0v) is 15.3. The molecule has 0 fully saturated rings.